The largest absolute Gasteiger partial charge is 0.507 e. The van der Waals surface area contributed by atoms with E-state index in [9.17, 15) is 9.90 Å². The molecule has 0 aromatic heterocycles. The molecular weight excluding hydrogens is 188 g/mol. The highest BCUT2D eigenvalue weighted by Crippen LogP contribution is 2.23. The first-order valence-electron chi connectivity index (χ1n) is 3.75. The quantitative estimate of drug-likeness (QED) is 0.583. The Hall–Kier alpha value is -1.28. The van der Waals surface area contributed by atoms with Gasteiger partial charge in [-0.3, -0.25) is 4.79 Å². The van der Waals surface area contributed by atoms with Crippen LogP contribution in [0.5, 0.6) is 5.75 Å². The summed E-state index contributed by atoms with van der Waals surface area (Å²) in [6, 6.07) is 4.68. The number of carbonyl (C=O) groups is 1. The van der Waals surface area contributed by atoms with Crippen LogP contribution in [0.2, 0.25) is 5.02 Å². The van der Waals surface area contributed by atoms with Gasteiger partial charge in [-0.25, -0.2) is 0 Å². The van der Waals surface area contributed by atoms with Gasteiger partial charge in [0.25, 0.3) is 0 Å². The number of carbonyl (C=O) groups excluding carboxylic acids is 1. The monoisotopic (exact) mass is 196 g/mol. The summed E-state index contributed by atoms with van der Waals surface area (Å²) in [5.41, 5.74) is 1.09. The van der Waals surface area contributed by atoms with Crippen molar-refractivity contribution < 1.29 is 9.90 Å². The van der Waals surface area contributed by atoms with Crippen LogP contribution < -0.4 is 0 Å². The Morgan fingerprint density at radius 2 is 2.23 bits per heavy atom. The fourth-order valence-corrected chi connectivity index (χ4v) is 1.10. The van der Waals surface area contributed by atoms with E-state index in [4.69, 9.17) is 11.6 Å². The van der Waals surface area contributed by atoms with Crippen molar-refractivity contribution in [2.45, 2.75) is 6.92 Å². The first-order chi connectivity index (χ1) is 6.13. The summed E-state index contributed by atoms with van der Waals surface area (Å²) in [6.45, 7) is 1.66. The molecule has 68 valence electrons. The molecule has 3 heteroatoms. The van der Waals surface area contributed by atoms with Crippen LogP contribution in [0.4, 0.5) is 0 Å². The molecule has 0 saturated heterocycles. The molecule has 1 aromatic rings. The Balaban J connectivity index is 3.13. The van der Waals surface area contributed by atoms with Crippen molar-refractivity contribution in [2.75, 3.05) is 0 Å². The van der Waals surface area contributed by atoms with E-state index in [0.717, 1.165) is 6.29 Å². The summed E-state index contributed by atoms with van der Waals surface area (Å²) in [7, 11) is 0. The van der Waals surface area contributed by atoms with Crippen molar-refractivity contribution in [1.82, 2.24) is 0 Å². The summed E-state index contributed by atoms with van der Waals surface area (Å²) in [5.74, 6) is 0.116. The maximum absolute atomic E-state index is 10.3. The molecule has 0 spiro atoms. The van der Waals surface area contributed by atoms with E-state index in [0.29, 0.717) is 16.2 Å². The van der Waals surface area contributed by atoms with Crippen LogP contribution in [0, 0.1) is 0 Å². The average Bonchev–Trinajstić information content (AvgIpc) is 2.11. The Morgan fingerprint density at radius 1 is 1.54 bits per heavy atom. The molecule has 0 radical (unpaired) electrons. The van der Waals surface area contributed by atoms with Gasteiger partial charge in [0.1, 0.15) is 12.0 Å². The number of hydrogen-bond donors (Lipinski definition) is 1. The number of aromatic hydroxyl groups is 1. The van der Waals surface area contributed by atoms with Crippen LogP contribution in [0.3, 0.4) is 0 Å². The van der Waals surface area contributed by atoms with Gasteiger partial charge in [0, 0.05) is 10.6 Å². The van der Waals surface area contributed by atoms with Crippen LogP contribution in [0.25, 0.3) is 6.08 Å². The van der Waals surface area contributed by atoms with Crippen molar-refractivity contribution in [1.29, 1.82) is 0 Å². The second-order valence-corrected chi connectivity index (χ2v) is 3.15. The fraction of sp³-hybridized carbons (Fsp3) is 0.100. The van der Waals surface area contributed by atoms with Gasteiger partial charge in [0.15, 0.2) is 0 Å². The van der Waals surface area contributed by atoms with Gasteiger partial charge in [-0.1, -0.05) is 11.6 Å². The Morgan fingerprint density at radius 3 is 2.85 bits per heavy atom. The molecule has 0 saturated carbocycles. The van der Waals surface area contributed by atoms with Gasteiger partial charge in [-0.2, -0.15) is 0 Å². The maximum Gasteiger partial charge on any atom is 0.145 e. The predicted octanol–water partition coefficient (Wildman–Crippen LogP) is 2.65. The summed E-state index contributed by atoms with van der Waals surface area (Å²) >= 11 is 5.71. The molecule has 13 heavy (non-hydrogen) atoms. The number of benzene rings is 1. The Bertz CT molecular complexity index is 356. The van der Waals surface area contributed by atoms with E-state index < -0.39 is 0 Å². The standard InChI is InChI=1S/C10H9ClO2/c1-7(6-12)4-8-5-9(11)2-3-10(8)13/h2-6,13H,1H3. The van der Waals surface area contributed by atoms with Crippen LogP contribution >= 0.6 is 11.6 Å². The van der Waals surface area contributed by atoms with Gasteiger partial charge in [0.2, 0.25) is 0 Å². The van der Waals surface area contributed by atoms with E-state index in [1.165, 1.54) is 6.07 Å². The van der Waals surface area contributed by atoms with Gasteiger partial charge < -0.3 is 5.11 Å². The first kappa shape index (κ1) is 9.81. The smallest absolute Gasteiger partial charge is 0.145 e. The Kier molecular flexibility index (Phi) is 3.09. The van der Waals surface area contributed by atoms with E-state index in [1.807, 2.05) is 0 Å². The minimum atomic E-state index is 0.116. The summed E-state index contributed by atoms with van der Waals surface area (Å²) < 4.78 is 0. The number of halogens is 1. The lowest BCUT2D eigenvalue weighted by molar-refractivity contribution is -0.104. The molecule has 0 aliphatic carbocycles. The summed E-state index contributed by atoms with van der Waals surface area (Å²) in [5, 5.41) is 9.89. The minimum Gasteiger partial charge on any atom is -0.507 e. The molecular formula is C10H9ClO2. The molecule has 1 N–H and O–H groups in total. The third-order valence-corrected chi connectivity index (χ3v) is 1.79. The zero-order chi connectivity index (χ0) is 9.84. The highest BCUT2D eigenvalue weighted by molar-refractivity contribution is 6.30. The number of rotatable bonds is 2. The van der Waals surface area contributed by atoms with E-state index in [-0.39, 0.29) is 5.75 Å². The number of allylic oxidation sites excluding steroid dienone is 1. The van der Waals surface area contributed by atoms with Crippen molar-refractivity contribution in [3.05, 3.63) is 34.4 Å². The van der Waals surface area contributed by atoms with Crippen molar-refractivity contribution >= 4 is 24.0 Å². The van der Waals surface area contributed by atoms with Crippen molar-refractivity contribution in [3.63, 3.8) is 0 Å². The van der Waals surface area contributed by atoms with Gasteiger partial charge >= 0.3 is 0 Å². The predicted molar refractivity (Wildman–Crippen MR) is 52.8 cm³/mol. The van der Waals surface area contributed by atoms with Crippen LogP contribution in [0.1, 0.15) is 12.5 Å². The van der Waals surface area contributed by atoms with Crippen LogP contribution in [-0.2, 0) is 4.79 Å². The lowest BCUT2D eigenvalue weighted by atomic mass is 10.1. The molecule has 0 aliphatic heterocycles. The molecule has 1 aromatic carbocycles. The fourth-order valence-electron chi connectivity index (χ4n) is 0.920. The van der Waals surface area contributed by atoms with E-state index >= 15 is 0 Å². The normalized spacial score (nSPS) is 11.4. The highest BCUT2D eigenvalue weighted by atomic mass is 35.5. The third-order valence-electron chi connectivity index (χ3n) is 1.56. The summed E-state index contributed by atoms with van der Waals surface area (Å²) in [4.78, 5) is 10.3. The molecule has 0 aliphatic rings. The van der Waals surface area contributed by atoms with Gasteiger partial charge in [-0.15, -0.1) is 0 Å². The molecule has 0 amide bonds. The Labute approximate surface area is 81.5 Å². The zero-order valence-corrected chi connectivity index (χ0v) is 7.88. The van der Waals surface area contributed by atoms with Crippen LogP contribution in [-0.4, -0.2) is 11.4 Å². The number of aldehydes is 1. The SMILES string of the molecule is CC(C=O)=Cc1cc(Cl)ccc1O. The lowest BCUT2D eigenvalue weighted by Crippen LogP contribution is -1.79. The first-order valence-corrected chi connectivity index (χ1v) is 4.13. The van der Waals surface area contributed by atoms with Crippen LogP contribution in [0.15, 0.2) is 23.8 Å². The maximum atomic E-state index is 10.3. The van der Waals surface area contributed by atoms with Gasteiger partial charge in [0.05, 0.1) is 0 Å². The lowest BCUT2D eigenvalue weighted by Gasteiger charge is -1.99. The van der Waals surface area contributed by atoms with Gasteiger partial charge in [-0.05, 0) is 36.8 Å². The second-order valence-electron chi connectivity index (χ2n) is 2.71. The highest BCUT2D eigenvalue weighted by Gasteiger charge is 1.98. The van der Waals surface area contributed by atoms with Crippen molar-refractivity contribution in [2.24, 2.45) is 0 Å². The number of phenolic OH excluding ortho intramolecular Hbond substituents is 1. The molecule has 0 bridgehead atoms. The van der Waals surface area contributed by atoms with E-state index in [2.05, 4.69) is 0 Å². The third kappa shape index (κ3) is 2.60. The topological polar surface area (TPSA) is 37.3 Å². The molecule has 0 atom stereocenters. The van der Waals surface area contributed by atoms with E-state index in [1.54, 1.807) is 25.1 Å². The molecule has 2 nitrogen and oxygen atoms in total. The zero-order valence-electron chi connectivity index (χ0n) is 7.12. The summed E-state index contributed by atoms with van der Waals surface area (Å²) in [6.07, 6.45) is 2.30. The molecule has 0 heterocycles. The molecule has 0 fully saturated rings. The molecule has 1 rings (SSSR count). The second kappa shape index (κ2) is 4.10. The number of hydrogen-bond acceptors (Lipinski definition) is 2. The molecule has 0 unspecified atom stereocenters. The number of phenols is 1. The van der Waals surface area contributed by atoms with Crippen molar-refractivity contribution in [3.8, 4) is 5.75 Å². The minimum absolute atomic E-state index is 0.116. The average molecular weight is 197 g/mol.